The van der Waals surface area contributed by atoms with Gasteiger partial charge in [0.15, 0.2) is 11.6 Å². The molecule has 0 bridgehead atoms. The second-order valence-electron chi connectivity index (χ2n) is 7.26. The second-order valence-corrected chi connectivity index (χ2v) is 7.26. The molecule has 0 saturated heterocycles. The van der Waals surface area contributed by atoms with Crippen LogP contribution in [0.3, 0.4) is 0 Å². The summed E-state index contributed by atoms with van der Waals surface area (Å²) in [7, 11) is 1.59. The van der Waals surface area contributed by atoms with E-state index < -0.39 is 5.41 Å². The molecule has 0 fully saturated rings. The number of carbonyl (C=O) groups excluding carboxylic acids is 1. The number of methoxy groups -OCH3 is 1. The number of aromatic nitrogens is 4. The van der Waals surface area contributed by atoms with Gasteiger partial charge in [-0.3, -0.25) is 4.79 Å². The molecule has 3 unspecified atom stereocenters. The second kappa shape index (κ2) is 6.23. The summed E-state index contributed by atoms with van der Waals surface area (Å²) in [6.45, 7) is 3.96. The van der Waals surface area contributed by atoms with Gasteiger partial charge in [0.1, 0.15) is 12.4 Å². The van der Waals surface area contributed by atoms with Crippen molar-refractivity contribution in [2.45, 2.75) is 32.1 Å². The third-order valence-corrected chi connectivity index (χ3v) is 5.81. The number of fused-ring (bicyclic) bond motifs is 3. The summed E-state index contributed by atoms with van der Waals surface area (Å²) in [5.74, 6) is 0.766. The molecule has 3 atom stereocenters. The molecule has 27 heavy (non-hydrogen) atoms. The Morgan fingerprint density at radius 3 is 2.70 bits per heavy atom. The Morgan fingerprint density at radius 1 is 1.30 bits per heavy atom. The first-order valence-corrected chi connectivity index (χ1v) is 8.87. The van der Waals surface area contributed by atoms with Crippen LogP contribution < -0.4 is 4.74 Å². The highest BCUT2D eigenvalue weighted by molar-refractivity contribution is 6.02. The van der Waals surface area contributed by atoms with E-state index in [2.05, 4.69) is 21.0 Å². The molecule has 7 heteroatoms. The molecule has 2 aliphatic rings. The van der Waals surface area contributed by atoms with E-state index >= 15 is 0 Å². The van der Waals surface area contributed by atoms with E-state index in [4.69, 9.17) is 9.72 Å². The molecule has 2 aromatic rings. The molecule has 0 aliphatic heterocycles. The number of allylic oxidation sites excluding steroid dienone is 2. The van der Waals surface area contributed by atoms with E-state index in [1.54, 1.807) is 25.6 Å². The summed E-state index contributed by atoms with van der Waals surface area (Å²) in [4.78, 5) is 30.0. The number of rotatable bonds is 2. The predicted octanol–water partition coefficient (Wildman–Crippen LogP) is 2.43. The minimum absolute atomic E-state index is 0.0779. The quantitative estimate of drug-likeness (QED) is 0.809. The van der Waals surface area contributed by atoms with Gasteiger partial charge in [0.2, 0.25) is 5.88 Å². The van der Waals surface area contributed by atoms with E-state index in [9.17, 15) is 10.1 Å². The molecule has 136 valence electrons. The summed E-state index contributed by atoms with van der Waals surface area (Å²) in [6.07, 6.45) is 8.10. The Bertz CT molecular complexity index is 995. The fraction of sp³-hybridized carbons (Fsp3) is 0.400. The lowest BCUT2D eigenvalue weighted by atomic mass is 9.58. The molecule has 0 amide bonds. The van der Waals surface area contributed by atoms with E-state index in [-0.39, 0.29) is 23.2 Å². The molecule has 2 heterocycles. The third-order valence-electron chi connectivity index (χ3n) is 5.81. The van der Waals surface area contributed by atoms with E-state index in [1.165, 1.54) is 6.33 Å². The number of ether oxygens (including phenoxy) is 1. The predicted molar refractivity (Wildman–Crippen MR) is 96.6 cm³/mol. The maximum Gasteiger partial charge on any atom is 0.220 e. The number of ketones is 1. The first-order valence-electron chi connectivity index (χ1n) is 8.87. The average molecular weight is 361 g/mol. The van der Waals surface area contributed by atoms with Crippen molar-refractivity contribution in [2.24, 2.45) is 11.8 Å². The Morgan fingerprint density at radius 2 is 2.04 bits per heavy atom. The van der Waals surface area contributed by atoms with Crippen molar-refractivity contribution in [1.29, 1.82) is 5.26 Å². The lowest BCUT2D eigenvalue weighted by Gasteiger charge is -2.45. The lowest BCUT2D eigenvalue weighted by molar-refractivity contribution is -0.121. The van der Waals surface area contributed by atoms with Gasteiger partial charge in [0.25, 0.3) is 0 Å². The van der Waals surface area contributed by atoms with Crippen molar-refractivity contribution in [1.82, 2.24) is 19.9 Å². The van der Waals surface area contributed by atoms with Gasteiger partial charge in [0.05, 0.1) is 23.9 Å². The number of nitriles is 1. The van der Waals surface area contributed by atoms with Gasteiger partial charge in [-0.2, -0.15) is 10.2 Å². The summed E-state index contributed by atoms with van der Waals surface area (Å²) in [5, 5.41) is 9.45. The molecule has 7 nitrogen and oxygen atoms in total. The summed E-state index contributed by atoms with van der Waals surface area (Å²) < 4.78 is 5.56. The van der Waals surface area contributed by atoms with Crippen LogP contribution in [-0.2, 0) is 16.6 Å². The highest BCUT2D eigenvalue weighted by Crippen LogP contribution is 2.50. The van der Waals surface area contributed by atoms with Crippen LogP contribution in [0.2, 0.25) is 0 Å². The topological polar surface area (TPSA) is 102 Å². The van der Waals surface area contributed by atoms with Crippen LogP contribution >= 0.6 is 0 Å². The molecule has 0 aromatic carbocycles. The van der Waals surface area contributed by atoms with Gasteiger partial charge in [-0.1, -0.05) is 19.9 Å². The highest BCUT2D eigenvalue weighted by atomic mass is 16.5. The zero-order valence-corrected chi connectivity index (χ0v) is 15.4. The number of nitrogens with zero attached hydrogens (tertiary/aromatic N) is 5. The monoisotopic (exact) mass is 361 g/mol. The van der Waals surface area contributed by atoms with Gasteiger partial charge in [-0.15, -0.1) is 0 Å². The van der Waals surface area contributed by atoms with Crippen molar-refractivity contribution in [3.8, 4) is 23.3 Å². The zero-order chi connectivity index (χ0) is 19.2. The lowest BCUT2D eigenvalue weighted by Crippen LogP contribution is -2.46. The minimum Gasteiger partial charge on any atom is -0.481 e. The Hall–Kier alpha value is -3.14. The molecule has 0 spiro atoms. The van der Waals surface area contributed by atoms with Gasteiger partial charge < -0.3 is 4.74 Å². The molecule has 2 aliphatic carbocycles. The molecule has 0 N–H and O–H groups in total. The summed E-state index contributed by atoms with van der Waals surface area (Å²) >= 11 is 0. The van der Waals surface area contributed by atoms with Crippen molar-refractivity contribution in [3.63, 3.8) is 0 Å². The Kier molecular flexibility index (Phi) is 3.99. The fourth-order valence-electron chi connectivity index (χ4n) is 4.45. The SMILES string of the molecule is COc1nc(-c2cncnc2)nc2c1CCC1C(C)C(=O)C(C#N)=CC21C. The molecule has 4 rings (SSSR count). The van der Waals surface area contributed by atoms with Gasteiger partial charge in [-0.05, 0) is 18.8 Å². The Labute approximate surface area is 157 Å². The van der Waals surface area contributed by atoms with Crippen molar-refractivity contribution in [2.75, 3.05) is 7.11 Å². The first-order chi connectivity index (χ1) is 13.0. The van der Waals surface area contributed by atoms with Gasteiger partial charge in [-0.25, -0.2) is 15.0 Å². The summed E-state index contributed by atoms with van der Waals surface area (Å²) in [5.41, 5.74) is 2.11. The first kappa shape index (κ1) is 17.3. The van der Waals surface area contributed by atoms with Crippen LogP contribution in [0.15, 0.2) is 30.4 Å². The Balaban J connectivity index is 1.98. The maximum atomic E-state index is 12.5. The number of Topliss-reactive ketones (excluding diaryl/α,β-unsaturated/α-hetero) is 1. The van der Waals surface area contributed by atoms with Crippen LogP contribution in [0, 0.1) is 23.2 Å². The molecular formula is C20H19N5O2. The van der Waals surface area contributed by atoms with Crippen LogP contribution in [0.4, 0.5) is 0 Å². The molecule has 0 radical (unpaired) electrons. The molecule has 2 aromatic heterocycles. The van der Waals surface area contributed by atoms with Crippen molar-refractivity contribution >= 4 is 5.78 Å². The van der Waals surface area contributed by atoms with Crippen LogP contribution in [0.5, 0.6) is 5.88 Å². The van der Waals surface area contributed by atoms with Crippen molar-refractivity contribution < 1.29 is 9.53 Å². The van der Waals surface area contributed by atoms with Gasteiger partial charge in [0, 0.05) is 29.3 Å². The largest absolute Gasteiger partial charge is 0.481 e. The number of hydrogen-bond donors (Lipinski definition) is 0. The normalized spacial score (nSPS) is 26.4. The highest BCUT2D eigenvalue weighted by Gasteiger charge is 2.49. The number of carbonyl (C=O) groups is 1. The minimum atomic E-state index is -0.535. The standard InChI is InChI=1S/C20H19N5O2/c1-11-15-5-4-14-17(20(15,2)6-12(7-21)16(11)26)24-18(25-19(14)27-3)13-8-22-10-23-9-13/h6,8-11,15H,4-5H2,1-3H3. The van der Waals surface area contributed by atoms with Crippen molar-refractivity contribution in [3.05, 3.63) is 41.6 Å². The van der Waals surface area contributed by atoms with Gasteiger partial charge >= 0.3 is 0 Å². The van der Waals surface area contributed by atoms with Crippen LogP contribution in [0.25, 0.3) is 11.4 Å². The van der Waals surface area contributed by atoms with E-state index in [0.29, 0.717) is 17.3 Å². The average Bonchev–Trinajstić information content (AvgIpc) is 2.70. The van der Waals surface area contributed by atoms with Crippen LogP contribution in [0.1, 0.15) is 31.5 Å². The van der Waals surface area contributed by atoms with Crippen LogP contribution in [-0.4, -0.2) is 32.8 Å². The molecule has 0 saturated carbocycles. The van der Waals surface area contributed by atoms with E-state index in [1.807, 2.05) is 13.8 Å². The fourth-order valence-corrected chi connectivity index (χ4v) is 4.45. The smallest absolute Gasteiger partial charge is 0.220 e. The third kappa shape index (κ3) is 2.52. The zero-order valence-electron chi connectivity index (χ0n) is 15.4. The number of hydrogen-bond acceptors (Lipinski definition) is 7. The van der Waals surface area contributed by atoms with E-state index in [0.717, 1.165) is 24.1 Å². The maximum absolute atomic E-state index is 12.5. The molecular weight excluding hydrogens is 342 g/mol. The summed E-state index contributed by atoms with van der Waals surface area (Å²) in [6, 6.07) is 2.06.